The Hall–Kier alpha value is -1.94. The number of carbonyl (C=O) groups excluding carboxylic acids is 1. The molecule has 0 bridgehead atoms. The number of hydrogen-bond donors (Lipinski definition) is 0. The van der Waals surface area contributed by atoms with Crippen LogP contribution >= 0.6 is 11.6 Å². The second-order valence-electron chi connectivity index (χ2n) is 9.37. The molecule has 0 saturated carbocycles. The molecule has 0 spiro atoms. The standard InChI is InChI=1S/C29H43ClN2O2/c1-4-6-8-10-11-12-13-17-25-21-32-28(22-31-25)24-16-15-18-26(20-24)34-29(33)23(3)27(30)19-14-9-7-5-2/h15-16,18,20-23,27H,4-14,17,19H2,1-3H3/t23-,27-/m1/s1. The zero-order chi connectivity index (χ0) is 24.6. The van der Waals surface area contributed by atoms with E-state index < -0.39 is 0 Å². The van der Waals surface area contributed by atoms with E-state index in [0.717, 1.165) is 49.1 Å². The number of nitrogens with zero attached hydrogens (tertiary/aromatic N) is 2. The van der Waals surface area contributed by atoms with Crippen LogP contribution in [0.2, 0.25) is 0 Å². The summed E-state index contributed by atoms with van der Waals surface area (Å²) < 4.78 is 5.64. The Morgan fingerprint density at radius 3 is 2.26 bits per heavy atom. The van der Waals surface area contributed by atoms with Crippen LogP contribution in [-0.2, 0) is 11.2 Å². The third kappa shape index (κ3) is 10.5. The number of unbranched alkanes of at least 4 members (excludes halogenated alkanes) is 9. The van der Waals surface area contributed by atoms with Gasteiger partial charge in [-0.3, -0.25) is 14.8 Å². The lowest BCUT2D eigenvalue weighted by Crippen LogP contribution is -2.26. The molecular formula is C29H43ClN2O2. The van der Waals surface area contributed by atoms with Gasteiger partial charge in [0.05, 0.1) is 23.5 Å². The molecule has 0 fully saturated rings. The molecule has 0 aliphatic heterocycles. The highest BCUT2D eigenvalue weighted by atomic mass is 35.5. The molecule has 5 heteroatoms. The van der Waals surface area contributed by atoms with Gasteiger partial charge in [-0.1, -0.05) is 97.1 Å². The molecule has 0 N–H and O–H groups in total. The Labute approximate surface area is 211 Å². The molecule has 1 aromatic heterocycles. The number of aryl methyl sites for hydroxylation is 1. The van der Waals surface area contributed by atoms with Gasteiger partial charge in [0.2, 0.25) is 0 Å². The predicted octanol–water partition coefficient (Wildman–Crippen LogP) is 8.56. The Kier molecular flexibility index (Phi) is 13.9. The quantitative estimate of drug-likeness (QED) is 0.0971. The van der Waals surface area contributed by atoms with E-state index in [1.165, 1.54) is 51.4 Å². The number of ether oxygens (including phenoxy) is 1. The van der Waals surface area contributed by atoms with Crippen molar-refractivity contribution in [3.8, 4) is 17.0 Å². The molecule has 1 aromatic carbocycles. The van der Waals surface area contributed by atoms with E-state index in [9.17, 15) is 4.79 Å². The first kappa shape index (κ1) is 28.3. The molecule has 0 aliphatic carbocycles. The van der Waals surface area contributed by atoms with E-state index in [0.29, 0.717) is 5.75 Å². The van der Waals surface area contributed by atoms with Gasteiger partial charge in [0, 0.05) is 17.1 Å². The zero-order valence-electron chi connectivity index (χ0n) is 21.4. The maximum atomic E-state index is 12.6. The zero-order valence-corrected chi connectivity index (χ0v) is 22.2. The van der Waals surface area contributed by atoms with Gasteiger partial charge in [-0.05, 0) is 31.4 Å². The van der Waals surface area contributed by atoms with E-state index in [-0.39, 0.29) is 17.3 Å². The molecule has 0 amide bonds. The minimum atomic E-state index is -0.349. The van der Waals surface area contributed by atoms with Gasteiger partial charge in [-0.2, -0.15) is 0 Å². The van der Waals surface area contributed by atoms with Crippen LogP contribution in [-0.4, -0.2) is 21.3 Å². The van der Waals surface area contributed by atoms with E-state index in [2.05, 4.69) is 23.8 Å². The van der Waals surface area contributed by atoms with Crippen molar-refractivity contribution in [2.75, 3.05) is 0 Å². The van der Waals surface area contributed by atoms with Crippen LogP contribution in [0.25, 0.3) is 11.3 Å². The van der Waals surface area contributed by atoms with E-state index in [1.807, 2.05) is 37.5 Å². The van der Waals surface area contributed by atoms with Gasteiger partial charge < -0.3 is 4.74 Å². The summed E-state index contributed by atoms with van der Waals surface area (Å²) in [5.41, 5.74) is 2.69. The number of alkyl halides is 1. The number of benzene rings is 1. The summed E-state index contributed by atoms with van der Waals surface area (Å²) in [5, 5.41) is -0.206. The number of carbonyl (C=O) groups is 1. The highest BCUT2D eigenvalue weighted by Gasteiger charge is 2.24. The SMILES string of the molecule is CCCCCCCCCc1cnc(-c2cccc(OC(=O)[C@H](C)[C@H](Cl)CCCCCC)c2)cn1. The Balaban J connectivity index is 1.83. The Morgan fingerprint density at radius 2 is 1.59 bits per heavy atom. The van der Waals surface area contributed by atoms with Crippen LogP contribution in [0.3, 0.4) is 0 Å². The predicted molar refractivity (Wildman–Crippen MR) is 142 cm³/mol. The van der Waals surface area contributed by atoms with E-state index in [1.54, 1.807) is 6.07 Å². The van der Waals surface area contributed by atoms with Gasteiger partial charge in [0.1, 0.15) is 5.75 Å². The van der Waals surface area contributed by atoms with E-state index >= 15 is 0 Å². The average Bonchev–Trinajstić information content (AvgIpc) is 2.86. The maximum absolute atomic E-state index is 12.6. The minimum Gasteiger partial charge on any atom is -0.426 e. The summed E-state index contributed by atoms with van der Waals surface area (Å²) in [6.45, 7) is 6.28. The largest absolute Gasteiger partial charge is 0.426 e. The summed E-state index contributed by atoms with van der Waals surface area (Å²) in [6, 6.07) is 7.47. The number of aromatic nitrogens is 2. The van der Waals surface area contributed by atoms with Crippen LogP contribution in [0.1, 0.15) is 104 Å². The van der Waals surface area contributed by atoms with Gasteiger partial charge in [0.25, 0.3) is 0 Å². The van der Waals surface area contributed by atoms with Crippen molar-refractivity contribution in [1.82, 2.24) is 9.97 Å². The van der Waals surface area contributed by atoms with Crippen molar-refractivity contribution in [3.05, 3.63) is 42.4 Å². The van der Waals surface area contributed by atoms with Crippen LogP contribution in [0.5, 0.6) is 5.75 Å². The highest BCUT2D eigenvalue weighted by molar-refractivity contribution is 6.22. The van der Waals surface area contributed by atoms with Crippen molar-refractivity contribution >= 4 is 17.6 Å². The summed E-state index contributed by atoms with van der Waals surface area (Å²) >= 11 is 6.47. The second-order valence-corrected chi connectivity index (χ2v) is 9.93. The molecule has 0 unspecified atom stereocenters. The molecule has 1 heterocycles. The fourth-order valence-corrected chi connectivity index (χ4v) is 4.25. The number of rotatable bonds is 17. The van der Waals surface area contributed by atoms with Crippen LogP contribution < -0.4 is 4.74 Å². The molecule has 2 aromatic rings. The minimum absolute atomic E-state index is 0.206. The van der Waals surface area contributed by atoms with Crippen LogP contribution in [0, 0.1) is 5.92 Å². The molecule has 0 radical (unpaired) electrons. The maximum Gasteiger partial charge on any atom is 0.315 e. The molecule has 4 nitrogen and oxygen atoms in total. The third-order valence-corrected chi connectivity index (χ3v) is 6.93. The van der Waals surface area contributed by atoms with Crippen molar-refractivity contribution in [1.29, 1.82) is 0 Å². The third-order valence-electron chi connectivity index (χ3n) is 6.34. The first-order chi connectivity index (χ1) is 16.5. The van der Waals surface area contributed by atoms with Gasteiger partial charge in [-0.25, -0.2) is 0 Å². The average molecular weight is 487 g/mol. The number of halogens is 1. The van der Waals surface area contributed by atoms with Crippen molar-refractivity contribution in [3.63, 3.8) is 0 Å². The topological polar surface area (TPSA) is 52.1 Å². The lowest BCUT2D eigenvalue weighted by atomic mass is 10.0. The smallest absolute Gasteiger partial charge is 0.315 e. The molecule has 2 atom stereocenters. The fourth-order valence-electron chi connectivity index (χ4n) is 3.99. The van der Waals surface area contributed by atoms with Gasteiger partial charge in [-0.15, -0.1) is 11.6 Å². The lowest BCUT2D eigenvalue weighted by Gasteiger charge is -2.17. The number of hydrogen-bond acceptors (Lipinski definition) is 4. The summed E-state index contributed by atoms with van der Waals surface area (Å²) in [4.78, 5) is 21.8. The second kappa shape index (κ2) is 16.6. The molecule has 0 aliphatic rings. The highest BCUT2D eigenvalue weighted by Crippen LogP contribution is 2.25. The normalized spacial score (nSPS) is 12.9. The van der Waals surface area contributed by atoms with Crippen molar-refractivity contribution < 1.29 is 9.53 Å². The van der Waals surface area contributed by atoms with Crippen molar-refractivity contribution in [2.24, 2.45) is 5.92 Å². The Bertz CT molecular complexity index is 825. The van der Waals surface area contributed by atoms with Gasteiger partial charge in [0.15, 0.2) is 0 Å². The summed E-state index contributed by atoms with van der Waals surface area (Å²) in [7, 11) is 0. The molecule has 2 rings (SSSR count). The molecule has 34 heavy (non-hydrogen) atoms. The number of esters is 1. The van der Waals surface area contributed by atoms with E-state index in [4.69, 9.17) is 16.3 Å². The fraction of sp³-hybridized carbons (Fsp3) is 0.621. The Morgan fingerprint density at radius 1 is 0.912 bits per heavy atom. The van der Waals surface area contributed by atoms with Crippen molar-refractivity contribution in [2.45, 2.75) is 110 Å². The summed E-state index contributed by atoms with van der Waals surface area (Å²) in [6.07, 6.45) is 19.1. The van der Waals surface area contributed by atoms with Crippen LogP contribution in [0.15, 0.2) is 36.7 Å². The molecule has 188 valence electrons. The van der Waals surface area contributed by atoms with Crippen LogP contribution in [0.4, 0.5) is 0 Å². The summed E-state index contributed by atoms with van der Waals surface area (Å²) in [5.74, 6) is -0.125. The first-order valence-electron chi connectivity index (χ1n) is 13.3. The van der Waals surface area contributed by atoms with Gasteiger partial charge >= 0.3 is 5.97 Å². The lowest BCUT2D eigenvalue weighted by molar-refractivity contribution is -0.138. The first-order valence-corrected chi connectivity index (χ1v) is 13.8. The molecule has 0 saturated heterocycles. The monoisotopic (exact) mass is 486 g/mol. The molecular weight excluding hydrogens is 444 g/mol.